The molecular weight excluding hydrogens is 269 g/mol. The first-order valence-electron chi connectivity index (χ1n) is 5.63. The molecule has 0 atom stereocenters. The van der Waals surface area contributed by atoms with Gasteiger partial charge in [-0.05, 0) is 13.0 Å². The molecule has 0 saturated heterocycles. The van der Waals surface area contributed by atoms with Crippen molar-refractivity contribution in [2.24, 2.45) is 7.05 Å². The quantitative estimate of drug-likeness (QED) is 0.921. The average molecular weight is 283 g/mol. The van der Waals surface area contributed by atoms with E-state index in [0.29, 0.717) is 11.3 Å². The van der Waals surface area contributed by atoms with Gasteiger partial charge in [0.15, 0.2) is 0 Å². The highest BCUT2D eigenvalue weighted by molar-refractivity contribution is 7.89. The van der Waals surface area contributed by atoms with Gasteiger partial charge in [-0.15, -0.1) is 0 Å². The maximum atomic E-state index is 13.4. The SMILES string of the molecule is Cc1c(S(=O)(=O)NCc2ccccc2F)cnn1C. The number of benzene rings is 1. The van der Waals surface area contributed by atoms with Gasteiger partial charge in [0, 0.05) is 19.2 Å². The van der Waals surface area contributed by atoms with Crippen LogP contribution in [-0.4, -0.2) is 18.2 Å². The van der Waals surface area contributed by atoms with Crippen molar-refractivity contribution in [1.82, 2.24) is 14.5 Å². The highest BCUT2D eigenvalue weighted by atomic mass is 32.2. The summed E-state index contributed by atoms with van der Waals surface area (Å²) in [6, 6.07) is 6.04. The molecule has 0 saturated carbocycles. The van der Waals surface area contributed by atoms with Gasteiger partial charge in [-0.2, -0.15) is 5.10 Å². The zero-order valence-electron chi connectivity index (χ0n) is 10.6. The lowest BCUT2D eigenvalue weighted by Gasteiger charge is -2.07. The van der Waals surface area contributed by atoms with Crippen LogP contribution in [0.3, 0.4) is 0 Å². The molecule has 2 rings (SSSR count). The van der Waals surface area contributed by atoms with Crippen LogP contribution in [0.2, 0.25) is 0 Å². The summed E-state index contributed by atoms with van der Waals surface area (Å²) in [6.45, 7) is 1.56. The number of hydrogen-bond donors (Lipinski definition) is 1. The number of sulfonamides is 1. The summed E-state index contributed by atoms with van der Waals surface area (Å²) in [6.07, 6.45) is 1.28. The molecule has 7 heteroatoms. The Morgan fingerprint density at radius 1 is 1.37 bits per heavy atom. The Balaban J connectivity index is 2.19. The average Bonchev–Trinajstić information content (AvgIpc) is 2.70. The normalized spacial score (nSPS) is 11.7. The molecule has 0 radical (unpaired) electrons. The van der Waals surface area contributed by atoms with Crippen molar-refractivity contribution in [3.63, 3.8) is 0 Å². The molecule has 0 unspecified atom stereocenters. The monoisotopic (exact) mass is 283 g/mol. The van der Waals surface area contributed by atoms with Crippen LogP contribution < -0.4 is 4.72 Å². The van der Waals surface area contributed by atoms with Crippen molar-refractivity contribution in [1.29, 1.82) is 0 Å². The van der Waals surface area contributed by atoms with E-state index in [1.807, 2.05) is 0 Å². The molecule has 1 heterocycles. The predicted molar refractivity (Wildman–Crippen MR) is 68.4 cm³/mol. The van der Waals surface area contributed by atoms with Crippen LogP contribution in [-0.2, 0) is 23.6 Å². The molecule has 19 heavy (non-hydrogen) atoms. The third kappa shape index (κ3) is 2.82. The second kappa shape index (κ2) is 5.10. The van der Waals surface area contributed by atoms with Crippen LogP contribution in [0.5, 0.6) is 0 Å². The van der Waals surface area contributed by atoms with Crippen LogP contribution in [0.25, 0.3) is 0 Å². The van der Waals surface area contributed by atoms with Gasteiger partial charge in [0.2, 0.25) is 10.0 Å². The second-order valence-corrected chi connectivity index (χ2v) is 5.87. The molecule has 0 amide bonds. The van der Waals surface area contributed by atoms with Gasteiger partial charge in [0.1, 0.15) is 10.7 Å². The fraction of sp³-hybridized carbons (Fsp3) is 0.250. The van der Waals surface area contributed by atoms with Crippen molar-refractivity contribution in [3.05, 3.63) is 47.5 Å². The number of nitrogens with zero attached hydrogens (tertiary/aromatic N) is 2. The van der Waals surface area contributed by atoms with Gasteiger partial charge in [-0.25, -0.2) is 17.5 Å². The Kier molecular flexibility index (Phi) is 3.68. The molecule has 0 aliphatic rings. The van der Waals surface area contributed by atoms with Crippen molar-refractivity contribution < 1.29 is 12.8 Å². The fourth-order valence-corrected chi connectivity index (χ4v) is 2.84. The molecule has 0 aliphatic carbocycles. The maximum absolute atomic E-state index is 13.4. The zero-order chi connectivity index (χ0) is 14.0. The minimum absolute atomic E-state index is 0.0939. The van der Waals surface area contributed by atoms with E-state index in [9.17, 15) is 12.8 Å². The molecule has 5 nitrogen and oxygen atoms in total. The number of rotatable bonds is 4. The third-order valence-corrected chi connectivity index (χ3v) is 4.39. The summed E-state index contributed by atoms with van der Waals surface area (Å²) in [5.74, 6) is -0.437. The van der Waals surface area contributed by atoms with E-state index in [1.54, 1.807) is 26.1 Å². The van der Waals surface area contributed by atoms with E-state index in [-0.39, 0.29) is 11.4 Å². The maximum Gasteiger partial charge on any atom is 0.244 e. The molecule has 1 aromatic heterocycles. The van der Waals surface area contributed by atoms with Gasteiger partial charge in [0.25, 0.3) is 0 Å². The highest BCUT2D eigenvalue weighted by Gasteiger charge is 2.19. The van der Waals surface area contributed by atoms with E-state index in [4.69, 9.17) is 0 Å². The lowest BCUT2D eigenvalue weighted by Crippen LogP contribution is -2.24. The summed E-state index contributed by atoms with van der Waals surface area (Å²) in [5.41, 5.74) is 0.827. The first-order valence-corrected chi connectivity index (χ1v) is 7.12. The van der Waals surface area contributed by atoms with Crippen LogP contribution in [0.1, 0.15) is 11.3 Å². The third-order valence-electron chi connectivity index (χ3n) is 2.89. The van der Waals surface area contributed by atoms with Crippen molar-refractivity contribution in [3.8, 4) is 0 Å². The van der Waals surface area contributed by atoms with Gasteiger partial charge in [-0.3, -0.25) is 4.68 Å². The van der Waals surface area contributed by atoms with E-state index in [0.717, 1.165) is 0 Å². The summed E-state index contributed by atoms with van der Waals surface area (Å²) >= 11 is 0. The van der Waals surface area contributed by atoms with Gasteiger partial charge in [0.05, 0.1) is 11.9 Å². The summed E-state index contributed by atoms with van der Waals surface area (Å²) in [4.78, 5) is 0.103. The molecule has 1 N–H and O–H groups in total. The van der Waals surface area contributed by atoms with Crippen LogP contribution in [0.15, 0.2) is 35.4 Å². The highest BCUT2D eigenvalue weighted by Crippen LogP contribution is 2.14. The molecule has 0 aliphatic heterocycles. The molecular formula is C12H14FN3O2S. The van der Waals surface area contributed by atoms with Crippen molar-refractivity contribution >= 4 is 10.0 Å². The molecule has 0 bridgehead atoms. The van der Waals surface area contributed by atoms with Gasteiger partial charge < -0.3 is 0 Å². The summed E-state index contributed by atoms with van der Waals surface area (Å²) < 4.78 is 41.4. The Morgan fingerprint density at radius 2 is 2.05 bits per heavy atom. The Labute approximate surface area is 111 Å². The molecule has 2 aromatic rings. The zero-order valence-corrected chi connectivity index (χ0v) is 11.4. The van der Waals surface area contributed by atoms with Gasteiger partial charge in [-0.1, -0.05) is 18.2 Å². The smallest absolute Gasteiger partial charge is 0.244 e. The van der Waals surface area contributed by atoms with Crippen molar-refractivity contribution in [2.45, 2.75) is 18.4 Å². The van der Waals surface area contributed by atoms with Gasteiger partial charge >= 0.3 is 0 Å². The first kappa shape index (κ1) is 13.7. The molecule has 1 aromatic carbocycles. The van der Waals surface area contributed by atoms with Crippen LogP contribution >= 0.6 is 0 Å². The Hall–Kier alpha value is -1.73. The Morgan fingerprint density at radius 3 is 2.63 bits per heavy atom. The summed E-state index contributed by atoms with van der Waals surface area (Å²) in [7, 11) is -2.03. The fourth-order valence-electron chi connectivity index (χ4n) is 1.63. The minimum Gasteiger partial charge on any atom is -0.272 e. The largest absolute Gasteiger partial charge is 0.272 e. The van der Waals surface area contributed by atoms with Crippen LogP contribution in [0.4, 0.5) is 4.39 Å². The molecule has 0 fully saturated rings. The number of hydrogen-bond acceptors (Lipinski definition) is 3. The number of aryl methyl sites for hydroxylation is 1. The standard InChI is InChI=1S/C12H14FN3O2S/c1-9-12(8-14-16(9)2)19(17,18)15-7-10-5-3-4-6-11(10)13/h3-6,8,15H,7H2,1-2H3. The second-order valence-electron chi connectivity index (χ2n) is 4.13. The minimum atomic E-state index is -3.69. The van der Waals surface area contributed by atoms with E-state index < -0.39 is 15.8 Å². The number of aromatic nitrogens is 2. The predicted octanol–water partition coefficient (Wildman–Crippen LogP) is 1.35. The van der Waals surface area contributed by atoms with Crippen LogP contribution in [0, 0.1) is 12.7 Å². The van der Waals surface area contributed by atoms with Crippen molar-refractivity contribution in [2.75, 3.05) is 0 Å². The topological polar surface area (TPSA) is 64.0 Å². The van der Waals surface area contributed by atoms with E-state index in [1.165, 1.54) is 23.0 Å². The molecule has 0 spiro atoms. The lowest BCUT2D eigenvalue weighted by atomic mass is 10.2. The van der Waals surface area contributed by atoms with E-state index >= 15 is 0 Å². The summed E-state index contributed by atoms with van der Waals surface area (Å²) in [5, 5.41) is 3.88. The van der Waals surface area contributed by atoms with E-state index in [2.05, 4.69) is 9.82 Å². The first-order chi connectivity index (χ1) is 8.92. The Bertz CT molecular complexity index is 695. The molecule has 102 valence electrons. The number of halogens is 1. The number of nitrogens with one attached hydrogen (secondary N) is 1. The lowest BCUT2D eigenvalue weighted by molar-refractivity contribution is 0.573.